The molecule has 7 heteroatoms. The van der Waals surface area contributed by atoms with E-state index in [4.69, 9.17) is 9.47 Å². The highest BCUT2D eigenvalue weighted by Gasteiger charge is 2.15. The molecule has 6 nitrogen and oxygen atoms in total. The van der Waals surface area contributed by atoms with Crippen molar-refractivity contribution >= 4 is 33.8 Å². The number of hydrogen-bond donors (Lipinski definition) is 2. The van der Waals surface area contributed by atoms with Crippen LogP contribution in [0.2, 0.25) is 0 Å². The number of aryl methyl sites for hydroxylation is 2. The number of nitrogens with zero attached hydrogens (tertiary/aromatic N) is 1. The lowest BCUT2D eigenvalue weighted by Crippen LogP contribution is -2.13. The van der Waals surface area contributed by atoms with Crippen LogP contribution in [0.5, 0.6) is 11.5 Å². The van der Waals surface area contributed by atoms with Crippen molar-refractivity contribution in [3.05, 3.63) is 58.6 Å². The van der Waals surface area contributed by atoms with Gasteiger partial charge in [0.05, 0.1) is 0 Å². The standard InChI is InChI=1S/C19H17N3O3S/c1-11-3-5-14(12(2)7-11)21-18(23)15-9-26-19(22-15)20-13-4-6-16-17(8-13)25-10-24-16/h3-9H,10H2,1-2H3,(H,20,22)(H,21,23). The van der Waals surface area contributed by atoms with Crippen LogP contribution in [0, 0.1) is 13.8 Å². The molecule has 1 amide bonds. The van der Waals surface area contributed by atoms with Crippen LogP contribution in [0.3, 0.4) is 0 Å². The lowest BCUT2D eigenvalue weighted by atomic mass is 10.1. The number of thiazole rings is 1. The average molecular weight is 367 g/mol. The van der Waals surface area contributed by atoms with Crippen molar-refractivity contribution in [2.75, 3.05) is 17.4 Å². The quantitative estimate of drug-likeness (QED) is 0.711. The number of aromatic nitrogens is 1. The highest BCUT2D eigenvalue weighted by Crippen LogP contribution is 2.35. The number of carbonyl (C=O) groups is 1. The van der Waals surface area contributed by atoms with Gasteiger partial charge in [0.1, 0.15) is 5.69 Å². The Morgan fingerprint density at radius 2 is 1.96 bits per heavy atom. The van der Waals surface area contributed by atoms with Crippen molar-refractivity contribution in [2.24, 2.45) is 0 Å². The summed E-state index contributed by atoms with van der Waals surface area (Å²) in [7, 11) is 0. The van der Waals surface area contributed by atoms with E-state index in [0.29, 0.717) is 16.6 Å². The van der Waals surface area contributed by atoms with Crippen LogP contribution in [0.25, 0.3) is 0 Å². The summed E-state index contributed by atoms with van der Waals surface area (Å²) in [5.74, 6) is 1.19. The fourth-order valence-electron chi connectivity index (χ4n) is 2.67. The first-order valence-electron chi connectivity index (χ1n) is 8.09. The van der Waals surface area contributed by atoms with E-state index in [-0.39, 0.29) is 12.7 Å². The monoisotopic (exact) mass is 367 g/mol. The number of amides is 1. The predicted octanol–water partition coefficient (Wildman–Crippen LogP) is 4.48. The summed E-state index contributed by atoms with van der Waals surface area (Å²) >= 11 is 1.37. The molecule has 2 aromatic carbocycles. The first kappa shape index (κ1) is 16.4. The maximum Gasteiger partial charge on any atom is 0.275 e. The Labute approximate surface area is 154 Å². The molecule has 0 fully saturated rings. The van der Waals surface area contributed by atoms with Gasteiger partial charge in [-0.05, 0) is 37.6 Å². The summed E-state index contributed by atoms with van der Waals surface area (Å²) in [4.78, 5) is 16.8. The summed E-state index contributed by atoms with van der Waals surface area (Å²) < 4.78 is 10.7. The highest BCUT2D eigenvalue weighted by atomic mass is 32.1. The third-order valence-electron chi connectivity index (χ3n) is 3.99. The van der Waals surface area contributed by atoms with Crippen LogP contribution in [-0.4, -0.2) is 17.7 Å². The average Bonchev–Trinajstić information content (AvgIpc) is 3.26. The molecule has 0 spiro atoms. The molecule has 4 rings (SSSR count). The molecule has 0 saturated heterocycles. The Morgan fingerprint density at radius 3 is 2.81 bits per heavy atom. The van der Waals surface area contributed by atoms with Gasteiger partial charge in [0, 0.05) is 22.8 Å². The molecule has 0 saturated carbocycles. The van der Waals surface area contributed by atoms with E-state index in [1.165, 1.54) is 11.3 Å². The Morgan fingerprint density at radius 1 is 1.12 bits per heavy atom. The van der Waals surface area contributed by atoms with Crippen molar-refractivity contribution in [1.82, 2.24) is 4.98 Å². The summed E-state index contributed by atoms with van der Waals surface area (Å²) in [5.41, 5.74) is 4.17. The maximum atomic E-state index is 12.4. The molecule has 0 radical (unpaired) electrons. The van der Waals surface area contributed by atoms with Crippen LogP contribution >= 0.6 is 11.3 Å². The molecule has 1 aromatic heterocycles. The summed E-state index contributed by atoms with van der Waals surface area (Å²) in [6, 6.07) is 11.5. The van der Waals surface area contributed by atoms with Gasteiger partial charge < -0.3 is 20.1 Å². The minimum absolute atomic E-state index is 0.230. The molecule has 1 aliphatic heterocycles. The predicted molar refractivity (Wildman–Crippen MR) is 102 cm³/mol. The largest absolute Gasteiger partial charge is 0.454 e. The zero-order valence-corrected chi connectivity index (χ0v) is 15.1. The first-order valence-corrected chi connectivity index (χ1v) is 8.97. The van der Waals surface area contributed by atoms with Gasteiger partial charge in [-0.25, -0.2) is 4.98 Å². The number of anilines is 3. The van der Waals surface area contributed by atoms with E-state index in [9.17, 15) is 4.79 Å². The number of ether oxygens (including phenoxy) is 2. The van der Waals surface area contributed by atoms with Gasteiger partial charge >= 0.3 is 0 Å². The van der Waals surface area contributed by atoms with E-state index in [2.05, 4.69) is 15.6 Å². The second-order valence-corrected chi connectivity index (χ2v) is 6.86. The van der Waals surface area contributed by atoms with Gasteiger partial charge in [-0.1, -0.05) is 17.7 Å². The SMILES string of the molecule is Cc1ccc(NC(=O)c2csc(Nc3ccc4c(c3)OCO4)n2)c(C)c1. The van der Waals surface area contributed by atoms with Gasteiger partial charge in [-0.2, -0.15) is 0 Å². The van der Waals surface area contributed by atoms with Crippen molar-refractivity contribution < 1.29 is 14.3 Å². The lowest BCUT2D eigenvalue weighted by Gasteiger charge is -2.07. The highest BCUT2D eigenvalue weighted by molar-refractivity contribution is 7.14. The van der Waals surface area contributed by atoms with Crippen molar-refractivity contribution in [3.63, 3.8) is 0 Å². The van der Waals surface area contributed by atoms with Gasteiger partial charge in [0.15, 0.2) is 16.6 Å². The smallest absolute Gasteiger partial charge is 0.275 e. The molecule has 1 aliphatic rings. The van der Waals surface area contributed by atoms with Crippen LogP contribution in [0.15, 0.2) is 41.8 Å². The number of fused-ring (bicyclic) bond motifs is 1. The normalized spacial score (nSPS) is 12.1. The zero-order valence-electron chi connectivity index (χ0n) is 14.3. The van der Waals surface area contributed by atoms with Crippen LogP contribution in [0.4, 0.5) is 16.5 Å². The molecule has 0 bridgehead atoms. The minimum Gasteiger partial charge on any atom is -0.454 e. The zero-order chi connectivity index (χ0) is 18.1. The first-order chi connectivity index (χ1) is 12.6. The Bertz CT molecular complexity index is 984. The number of rotatable bonds is 4. The van der Waals surface area contributed by atoms with E-state index in [0.717, 1.165) is 28.3 Å². The van der Waals surface area contributed by atoms with Crippen molar-refractivity contribution in [3.8, 4) is 11.5 Å². The fraction of sp³-hybridized carbons (Fsp3) is 0.158. The van der Waals surface area contributed by atoms with Crippen LogP contribution in [0.1, 0.15) is 21.6 Å². The number of carbonyl (C=O) groups excluding carboxylic acids is 1. The molecule has 26 heavy (non-hydrogen) atoms. The van der Waals surface area contributed by atoms with Gasteiger partial charge in [0.25, 0.3) is 5.91 Å². The van der Waals surface area contributed by atoms with E-state index in [1.54, 1.807) is 5.38 Å². The second-order valence-electron chi connectivity index (χ2n) is 6.00. The number of benzene rings is 2. The van der Waals surface area contributed by atoms with Gasteiger partial charge in [-0.3, -0.25) is 4.79 Å². The number of nitrogens with one attached hydrogen (secondary N) is 2. The lowest BCUT2D eigenvalue weighted by molar-refractivity contribution is 0.102. The van der Waals surface area contributed by atoms with E-state index in [1.807, 2.05) is 50.2 Å². The fourth-order valence-corrected chi connectivity index (χ4v) is 3.38. The molecule has 2 heterocycles. The third kappa shape index (κ3) is 3.34. The van der Waals surface area contributed by atoms with Crippen LogP contribution < -0.4 is 20.1 Å². The summed E-state index contributed by atoms with van der Waals surface area (Å²) in [6.07, 6.45) is 0. The van der Waals surface area contributed by atoms with Gasteiger partial charge in [0.2, 0.25) is 6.79 Å². The minimum atomic E-state index is -0.230. The van der Waals surface area contributed by atoms with Crippen molar-refractivity contribution in [2.45, 2.75) is 13.8 Å². The molecular weight excluding hydrogens is 350 g/mol. The van der Waals surface area contributed by atoms with E-state index >= 15 is 0 Å². The number of hydrogen-bond acceptors (Lipinski definition) is 6. The Hall–Kier alpha value is -3.06. The summed E-state index contributed by atoms with van der Waals surface area (Å²) in [5, 5.41) is 8.45. The molecule has 132 valence electrons. The Kier molecular flexibility index (Phi) is 4.22. The van der Waals surface area contributed by atoms with Crippen LogP contribution in [-0.2, 0) is 0 Å². The molecular formula is C19H17N3O3S. The third-order valence-corrected chi connectivity index (χ3v) is 4.75. The topological polar surface area (TPSA) is 72.5 Å². The molecule has 2 N–H and O–H groups in total. The molecule has 0 unspecified atom stereocenters. The molecule has 0 aliphatic carbocycles. The van der Waals surface area contributed by atoms with Crippen molar-refractivity contribution in [1.29, 1.82) is 0 Å². The second kappa shape index (κ2) is 6.68. The summed E-state index contributed by atoms with van der Waals surface area (Å²) in [6.45, 7) is 4.22. The Balaban J connectivity index is 1.46. The molecule has 3 aromatic rings. The maximum absolute atomic E-state index is 12.4. The molecule has 0 atom stereocenters. The van der Waals surface area contributed by atoms with E-state index < -0.39 is 0 Å². The van der Waals surface area contributed by atoms with Gasteiger partial charge in [-0.15, -0.1) is 11.3 Å².